The number of alkyl halides is 3. The molecule has 0 heterocycles. The Morgan fingerprint density at radius 1 is 1.28 bits per heavy atom. The highest BCUT2D eigenvalue weighted by atomic mass is 32.2. The molecule has 0 aromatic heterocycles. The second-order valence-corrected chi connectivity index (χ2v) is 7.27. The van der Waals surface area contributed by atoms with Crippen molar-refractivity contribution in [1.82, 2.24) is 5.32 Å². The quantitative estimate of drug-likeness (QED) is 0.544. The van der Waals surface area contributed by atoms with Gasteiger partial charge in [-0.25, -0.2) is 9.59 Å². The van der Waals surface area contributed by atoms with Crippen LogP contribution in [-0.2, 0) is 29.8 Å². The lowest BCUT2D eigenvalue weighted by Gasteiger charge is -2.47. The third-order valence-corrected chi connectivity index (χ3v) is 3.85. The molecular formula is C13H20F3NO7S. The van der Waals surface area contributed by atoms with E-state index in [9.17, 15) is 27.0 Å². The van der Waals surface area contributed by atoms with E-state index in [1.807, 2.05) is 0 Å². The van der Waals surface area contributed by atoms with Crippen molar-refractivity contribution in [2.45, 2.75) is 57.0 Å². The number of carbonyl (C=O) groups excluding carboxylic acids is 2. The molecule has 0 radical (unpaired) electrons. The minimum absolute atomic E-state index is 0.486. The number of hydrogen-bond donors (Lipinski definition) is 2. The lowest BCUT2D eigenvalue weighted by atomic mass is 9.65. The van der Waals surface area contributed by atoms with Gasteiger partial charge in [0, 0.05) is 5.92 Å². The van der Waals surface area contributed by atoms with Crippen molar-refractivity contribution in [2.24, 2.45) is 5.92 Å². The van der Waals surface area contributed by atoms with Gasteiger partial charge in [-0.2, -0.15) is 17.4 Å². The zero-order valence-electron chi connectivity index (χ0n) is 14.0. The number of carbonyl (C=O) groups is 2. The largest absolute Gasteiger partial charge is 0.467 e. The summed E-state index contributed by atoms with van der Waals surface area (Å²) < 4.78 is 71.6. The van der Waals surface area contributed by atoms with E-state index < -0.39 is 65.6 Å². The number of nitrogens with one attached hydrogen (secondary N) is 1. The van der Waals surface area contributed by atoms with Gasteiger partial charge in [-0.3, -0.25) is 8.74 Å². The maximum Gasteiger partial charge on any atom is 0.416 e. The third kappa shape index (κ3) is 5.82. The Morgan fingerprint density at radius 2 is 1.80 bits per heavy atom. The van der Waals surface area contributed by atoms with Crippen molar-refractivity contribution in [3.8, 4) is 0 Å². The van der Waals surface area contributed by atoms with Crippen LogP contribution in [0.2, 0.25) is 0 Å². The highest BCUT2D eigenvalue weighted by Crippen LogP contribution is 2.46. The fourth-order valence-electron chi connectivity index (χ4n) is 2.55. The average molecular weight is 391 g/mol. The van der Waals surface area contributed by atoms with Gasteiger partial charge in [-0.1, -0.05) is 0 Å². The summed E-state index contributed by atoms with van der Waals surface area (Å²) in [4.78, 5) is 23.8. The fourth-order valence-corrected chi connectivity index (χ4v) is 3.00. The lowest BCUT2D eigenvalue weighted by molar-refractivity contribution is -0.224. The molecule has 2 atom stereocenters. The van der Waals surface area contributed by atoms with Gasteiger partial charge < -0.3 is 14.8 Å². The number of halogens is 3. The standard InChI is InChI=1S/C13H20F3NO7S/c1-11(2,3)23-10(19)17-12(9(18)22-4)5-7(6-12)8(13(14,15)16)24-25(20)21/h7-8H,5-6H2,1-4H3,(H,17,19)(H,20,21). The Morgan fingerprint density at radius 3 is 2.16 bits per heavy atom. The molecule has 2 unspecified atom stereocenters. The molecule has 0 aliphatic heterocycles. The SMILES string of the molecule is COC(=O)C1(NC(=O)OC(C)(C)C)CC(C(OS(=O)O)C(F)(F)F)C1. The molecule has 0 bridgehead atoms. The molecule has 1 aliphatic rings. The van der Waals surface area contributed by atoms with Crippen LogP contribution >= 0.6 is 0 Å². The number of hydrogen-bond acceptors (Lipinski definition) is 6. The van der Waals surface area contributed by atoms with Gasteiger partial charge in [0.05, 0.1) is 7.11 Å². The predicted octanol–water partition coefficient (Wildman–Crippen LogP) is 1.92. The first-order chi connectivity index (χ1) is 11.2. The first kappa shape index (κ1) is 21.6. The second-order valence-electron chi connectivity index (χ2n) is 6.64. The van der Waals surface area contributed by atoms with Crippen molar-refractivity contribution in [3.63, 3.8) is 0 Å². The van der Waals surface area contributed by atoms with Crippen LogP contribution in [0.25, 0.3) is 0 Å². The number of esters is 1. The number of rotatable bonds is 5. The zero-order valence-corrected chi connectivity index (χ0v) is 14.8. The summed E-state index contributed by atoms with van der Waals surface area (Å²) in [6, 6.07) is 0. The van der Waals surface area contributed by atoms with Gasteiger partial charge in [-0.05, 0) is 33.6 Å². The van der Waals surface area contributed by atoms with Crippen LogP contribution in [0.1, 0.15) is 33.6 Å². The van der Waals surface area contributed by atoms with Gasteiger partial charge in [-0.15, -0.1) is 0 Å². The molecule has 25 heavy (non-hydrogen) atoms. The first-order valence-corrected chi connectivity index (χ1v) is 8.17. The van der Waals surface area contributed by atoms with E-state index in [-0.39, 0.29) is 0 Å². The van der Waals surface area contributed by atoms with Gasteiger partial charge in [0.2, 0.25) is 0 Å². The molecular weight excluding hydrogens is 371 g/mol. The Hall–Kier alpha value is -1.40. The van der Waals surface area contributed by atoms with Gasteiger partial charge in [0.25, 0.3) is 0 Å². The number of alkyl carbamates (subject to hydrolysis) is 1. The topological polar surface area (TPSA) is 111 Å². The van der Waals surface area contributed by atoms with Gasteiger partial charge >= 0.3 is 29.6 Å². The summed E-state index contributed by atoms with van der Waals surface area (Å²) >= 11 is -3.14. The van der Waals surface area contributed by atoms with Crippen LogP contribution in [0.3, 0.4) is 0 Å². The maximum absolute atomic E-state index is 13.0. The normalized spacial score (nSPS) is 26.2. The molecule has 1 rings (SSSR count). The fraction of sp³-hybridized carbons (Fsp3) is 0.846. The molecule has 0 saturated heterocycles. The van der Waals surface area contributed by atoms with Crippen molar-refractivity contribution in [3.05, 3.63) is 0 Å². The van der Waals surface area contributed by atoms with E-state index in [0.29, 0.717) is 0 Å². The number of methoxy groups -OCH3 is 1. The van der Waals surface area contributed by atoms with Crippen molar-refractivity contribution in [1.29, 1.82) is 0 Å². The molecule has 0 spiro atoms. The summed E-state index contributed by atoms with van der Waals surface area (Å²) in [5.41, 5.74) is -2.60. The molecule has 0 aromatic carbocycles. The molecule has 1 fully saturated rings. The van der Waals surface area contributed by atoms with Crippen LogP contribution < -0.4 is 5.32 Å². The smallest absolute Gasteiger partial charge is 0.416 e. The van der Waals surface area contributed by atoms with E-state index in [1.165, 1.54) is 0 Å². The lowest BCUT2D eigenvalue weighted by Crippen LogP contribution is -2.66. The molecule has 1 amide bonds. The van der Waals surface area contributed by atoms with Crippen LogP contribution in [0, 0.1) is 5.92 Å². The summed E-state index contributed by atoms with van der Waals surface area (Å²) in [5.74, 6) is -2.26. The summed E-state index contributed by atoms with van der Waals surface area (Å²) in [7, 11) is 1.02. The van der Waals surface area contributed by atoms with Crippen molar-refractivity contribution < 1.29 is 45.2 Å². The van der Waals surface area contributed by atoms with E-state index in [4.69, 9.17) is 9.29 Å². The number of amides is 1. The molecule has 146 valence electrons. The molecule has 2 N–H and O–H groups in total. The Balaban J connectivity index is 2.90. The van der Waals surface area contributed by atoms with E-state index in [1.54, 1.807) is 20.8 Å². The molecule has 1 aliphatic carbocycles. The molecule has 12 heteroatoms. The average Bonchev–Trinajstić information content (AvgIpc) is 2.35. The molecule has 1 saturated carbocycles. The Kier molecular flexibility index (Phi) is 6.46. The minimum Gasteiger partial charge on any atom is -0.467 e. The van der Waals surface area contributed by atoms with Gasteiger partial charge in [0.1, 0.15) is 11.1 Å². The van der Waals surface area contributed by atoms with Crippen LogP contribution in [0.5, 0.6) is 0 Å². The summed E-state index contributed by atoms with van der Waals surface area (Å²) in [6.45, 7) is 4.72. The van der Waals surface area contributed by atoms with E-state index in [0.717, 1.165) is 7.11 Å². The number of ether oxygens (including phenoxy) is 2. The van der Waals surface area contributed by atoms with Crippen LogP contribution in [-0.4, -0.2) is 51.4 Å². The molecule has 0 aromatic rings. The monoisotopic (exact) mass is 391 g/mol. The predicted molar refractivity (Wildman–Crippen MR) is 78.5 cm³/mol. The molecule has 8 nitrogen and oxygen atoms in total. The third-order valence-electron chi connectivity index (χ3n) is 3.47. The zero-order chi connectivity index (χ0) is 19.6. The Bertz CT molecular complexity index is 541. The highest BCUT2D eigenvalue weighted by Gasteiger charge is 2.61. The van der Waals surface area contributed by atoms with E-state index >= 15 is 0 Å². The maximum atomic E-state index is 13.0. The highest BCUT2D eigenvalue weighted by molar-refractivity contribution is 7.74. The summed E-state index contributed by atoms with van der Waals surface area (Å²) in [5, 5.41) is 2.23. The van der Waals surface area contributed by atoms with Crippen molar-refractivity contribution in [2.75, 3.05) is 7.11 Å². The van der Waals surface area contributed by atoms with Crippen molar-refractivity contribution >= 4 is 23.4 Å². The van der Waals surface area contributed by atoms with Gasteiger partial charge in [0.15, 0.2) is 6.10 Å². The first-order valence-electron chi connectivity index (χ1n) is 7.14. The van der Waals surface area contributed by atoms with Crippen LogP contribution in [0.4, 0.5) is 18.0 Å². The minimum atomic E-state index is -4.92. The van der Waals surface area contributed by atoms with Crippen LogP contribution in [0.15, 0.2) is 0 Å². The Labute approximate surface area is 144 Å². The summed E-state index contributed by atoms with van der Waals surface area (Å²) in [6.07, 6.45) is -9.44. The second kappa shape index (κ2) is 7.46. The van der Waals surface area contributed by atoms with E-state index in [2.05, 4.69) is 14.2 Å².